The first-order valence-electron chi connectivity index (χ1n) is 8.04. The van der Waals surface area contributed by atoms with Crippen molar-refractivity contribution in [3.63, 3.8) is 0 Å². The van der Waals surface area contributed by atoms with Gasteiger partial charge in [-0.05, 0) is 11.6 Å². The predicted octanol–water partition coefficient (Wildman–Crippen LogP) is 3.76. The molecule has 1 N–H and O–H groups in total. The average molecular weight is 399 g/mol. The quantitative estimate of drug-likeness (QED) is 0.850. The summed E-state index contributed by atoms with van der Waals surface area (Å²) in [5, 5.41) is 9.11. The summed E-state index contributed by atoms with van der Waals surface area (Å²) in [4.78, 5) is 25.9. The number of ether oxygens (including phenoxy) is 1. The number of benzene rings is 1. The number of carboxylic acid groups (broad SMARTS) is 1. The third-order valence-corrected chi connectivity index (χ3v) is 5.67. The number of carboxylic acids is 1. The second-order valence-corrected chi connectivity index (χ2v) is 7.23. The molecule has 1 aromatic carbocycles. The van der Waals surface area contributed by atoms with Gasteiger partial charge in [-0.25, -0.2) is 0 Å². The number of alkyl halides is 3. The number of nitrogens with zero attached hydrogens (tertiary/aromatic N) is 1. The summed E-state index contributed by atoms with van der Waals surface area (Å²) < 4.78 is 44.7. The fourth-order valence-corrected chi connectivity index (χ4v) is 4.21. The molecule has 1 saturated heterocycles. The van der Waals surface area contributed by atoms with Gasteiger partial charge in [-0.2, -0.15) is 13.2 Å². The molecular weight excluding hydrogens is 383 g/mol. The van der Waals surface area contributed by atoms with Crippen LogP contribution in [0, 0.1) is 11.8 Å². The highest BCUT2D eigenvalue weighted by molar-refractivity contribution is 7.17. The van der Waals surface area contributed by atoms with Crippen LogP contribution in [0.3, 0.4) is 0 Å². The normalized spacial score (nSPS) is 19.9. The van der Waals surface area contributed by atoms with Crippen molar-refractivity contribution in [2.75, 3.05) is 20.2 Å². The van der Waals surface area contributed by atoms with E-state index in [0.717, 1.165) is 26.7 Å². The fraction of sp³-hybridized carbons (Fsp3) is 0.333. The highest BCUT2D eigenvalue weighted by Gasteiger charge is 2.53. The van der Waals surface area contributed by atoms with Gasteiger partial charge in [0.15, 0.2) is 0 Å². The molecule has 0 radical (unpaired) electrons. The monoisotopic (exact) mass is 399 g/mol. The zero-order valence-corrected chi connectivity index (χ0v) is 15.0. The van der Waals surface area contributed by atoms with Crippen molar-refractivity contribution in [1.82, 2.24) is 4.90 Å². The highest BCUT2D eigenvalue weighted by Crippen LogP contribution is 2.41. The Morgan fingerprint density at radius 2 is 1.89 bits per heavy atom. The van der Waals surface area contributed by atoms with Gasteiger partial charge in [-0.1, -0.05) is 30.3 Å². The van der Waals surface area contributed by atoms with E-state index in [-0.39, 0.29) is 10.6 Å². The topological polar surface area (TPSA) is 66.8 Å². The molecule has 0 saturated carbocycles. The molecule has 27 heavy (non-hydrogen) atoms. The summed E-state index contributed by atoms with van der Waals surface area (Å²) in [7, 11) is 1.37. The second kappa shape index (κ2) is 7.22. The SMILES string of the molecule is COc1cc(-c2ccccc2)sc1C(=O)N1C[C@@H](C(F)(F)F)[C@H](C(=O)O)C1. The van der Waals surface area contributed by atoms with E-state index < -0.39 is 43.0 Å². The Morgan fingerprint density at radius 1 is 1.22 bits per heavy atom. The minimum atomic E-state index is -4.69. The number of aliphatic carboxylic acids is 1. The first kappa shape index (κ1) is 19.2. The fourth-order valence-electron chi connectivity index (χ4n) is 3.11. The van der Waals surface area contributed by atoms with Gasteiger partial charge in [0.2, 0.25) is 0 Å². The maximum absolute atomic E-state index is 13.2. The zero-order valence-electron chi connectivity index (χ0n) is 14.2. The van der Waals surface area contributed by atoms with Crippen molar-refractivity contribution in [3.8, 4) is 16.2 Å². The molecule has 1 fully saturated rings. The summed E-state index contributed by atoms with van der Waals surface area (Å²) >= 11 is 1.11. The Kier molecular flexibility index (Phi) is 5.14. The first-order valence-corrected chi connectivity index (χ1v) is 8.86. The lowest BCUT2D eigenvalue weighted by molar-refractivity contribution is -0.187. The van der Waals surface area contributed by atoms with Gasteiger partial charge >= 0.3 is 12.1 Å². The number of carbonyl (C=O) groups is 2. The number of amides is 1. The third-order valence-electron chi connectivity index (χ3n) is 4.52. The molecule has 0 spiro atoms. The van der Waals surface area contributed by atoms with E-state index in [4.69, 9.17) is 9.84 Å². The standard InChI is InChI=1S/C18H16F3NO4S/c1-26-13-7-14(10-5-3-2-4-6-10)27-15(13)16(23)22-8-11(17(24)25)12(9-22)18(19,20)21/h2-7,11-12H,8-9H2,1H3,(H,24,25)/t11-,12-/m1/s1. The summed E-state index contributed by atoms with van der Waals surface area (Å²) in [6, 6.07) is 10.8. The van der Waals surface area contributed by atoms with Crippen LogP contribution in [0.25, 0.3) is 10.4 Å². The summed E-state index contributed by atoms with van der Waals surface area (Å²) in [6.45, 7) is -1.17. The van der Waals surface area contributed by atoms with Crippen LogP contribution in [0.15, 0.2) is 36.4 Å². The molecule has 1 aliphatic rings. The lowest BCUT2D eigenvalue weighted by atomic mass is 9.96. The number of thiophene rings is 1. The van der Waals surface area contributed by atoms with Gasteiger partial charge in [0.05, 0.1) is 18.9 Å². The number of methoxy groups -OCH3 is 1. The molecule has 2 heterocycles. The predicted molar refractivity (Wildman–Crippen MR) is 92.9 cm³/mol. The Bertz CT molecular complexity index is 850. The third kappa shape index (κ3) is 3.78. The van der Waals surface area contributed by atoms with E-state index in [1.54, 1.807) is 6.07 Å². The van der Waals surface area contributed by atoms with Crippen LogP contribution in [0.5, 0.6) is 5.75 Å². The molecule has 0 bridgehead atoms. The van der Waals surface area contributed by atoms with Crippen molar-refractivity contribution in [2.45, 2.75) is 6.18 Å². The summed E-state index contributed by atoms with van der Waals surface area (Å²) in [5.74, 6) is -5.72. The van der Waals surface area contributed by atoms with Crippen molar-refractivity contribution < 1.29 is 32.6 Å². The van der Waals surface area contributed by atoms with Gasteiger partial charge in [-0.3, -0.25) is 9.59 Å². The molecule has 2 aromatic rings. The lowest BCUT2D eigenvalue weighted by Crippen LogP contribution is -2.34. The molecule has 1 aromatic heterocycles. The van der Waals surface area contributed by atoms with Crippen LogP contribution < -0.4 is 4.74 Å². The number of rotatable bonds is 4. The highest BCUT2D eigenvalue weighted by atomic mass is 32.1. The minimum Gasteiger partial charge on any atom is -0.495 e. The van der Waals surface area contributed by atoms with Crippen molar-refractivity contribution >= 4 is 23.2 Å². The van der Waals surface area contributed by atoms with E-state index in [0.29, 0.717) is 0 Å². The Morgan fingerprint density at radius 3 is 2.41 bits per heavy atom. The number of halogens is 3. The van der Waals surface area contributed by atoms with E-state index >= 15 is 0 Å². The van der Waals surface area contributed by atoms with Crippen LogP contribution >= 0.6 is 11.3 Å². The Labute approximate surface area is 157 Å². The molecule has 1 aliphatic heterocycles. The van der Waals surface area contributed by atoms with Gasteiger partial charge in [0, 0.05) is 18.0 Å². The smallest absolute Gasteiger partial charge is 0.394 e. The van der Waals surface area contributed by atoms with Crippen LogP contribution in [-0.2, 0) is 4.79 Å². The van der Waals surface area contributed by atoms with Crippen LogP contribution in [0.4, 0.5) is 13.2 Å². The molecule has 0 aliphatic carbocycles. The average Bonchev–Trinajstić information content (AvgIpc) is 3.26. The second-order valence-electron chi connectivity index (χ2n) is 6.18. The van der Waals surface area contributed by atoms with Crippen molar-refractivity contribution in [2.24, 2.45) is 11.8 Å². The Hall–Kier alpha value is -2.55. The summed E-state index contributed by atoms with van der Waals surface area (Å²) in [5.41, 5.74) is 0.845. The van der Waals surface area contributed by atoms with Gasteiger partial charge in [0.25, 0.3) is 5.91 Å². The first-order chi connectivity index (χ1) is 12.7. The molecular formula is C18H16F3NO4S. The lowest BCUT2D eigenvalue weighted by Gasteiger charge is -2.18. The number of likely N-dealkylation sites (tertiary alicyclic amines) is 1. The van der Waals surface area contributed by atoms with E-state index in [2.05, 4.69) is 0 Å². The van der Waals surface area contributed by atoms with Crippen LogP contribution in [-0.4, -0.2) is 48.3 Å². The van der Waals surface area contributed by atoms with Gasteiger partial charge in [0.1, 0.15) is 10.6 Å². The number of carbonyl (C=O) groups excluding carboxylic acids is 1. The maximum atomic E-state index is 13.2. The number of hydrogen-bond donors (Lipinski definition) is 1. The van der Waals surface area contributed by atoms with Gasteiger partial charge in [-0.15, -0.1) is 11.3 Å². The van der Waals surface area contributed by atoms with Crippen molar-refractivity contribution in [3.05, 3.63) is 41.3 Å². The van der Waals surface area contributed by atoms with E-state index in [9.17, 15) is 22.8 Å². The maximum Gasteiger partial charge on any atom is 0.394 e. The minimum absolute atomic E-state index is 0.156. The number of hydrogen-bond acceptors (Lipinski definition) is 4. The zero-order chi connectivity index (χ0) is 19.8. The van der Waals surface area contributed by atoms with Crippen LogP contribution in [0.1, 0.15) is 9.67 Å². The molecule has 144 valence electrons. The van der Waals surface area contributed by atoms with Gasteiger partial charge < -0.3 is 14.7 Å². The van der Waals surface area contributed by atoms with E-state index in [1.807, 2.05) is 30.3 Å². The molecule has 1 amide bonds. The molecule has 2 atom stereocenters. The van der Waals surface area contributed by atoms with E-state index in [1.165, 1.54) is 7.11 Å². The Balaban J connectivity index is 1.90. The summed E-state index contributed by atoms with van der Waals surface area (Å²) in [6.07, 6.45) is -4.69. The molecule has 9 heteroatoms. The molecule has 5 nitrogen and oxygen atoms in total. The molecule has 0 unspecified atom stereocenters. The van der Waals surface area contributed by atoms with Crippen molar-refractivity contribution in [1.29, 1.82) is 0 Å². The van der Waals surface area contributed by atoms with Crippen LogP contribution in [0.2, 0.25) is 0 Å². The largest absolute Gasteiger partial charge is 0.495 e. The molecule has 3 rings (SSSR count).